The van der Waals surface area contributed by atoms with Gasteiger partial charge in [-0.3, -0.25) is 9.80 Å². The quantitative estimate of drug-likeness (QED) is 0.662. The van der Waals surface area contributed by atoms with Gasteiger partial charge in [0.1, 0.15) is 0 Å². The summed E-state index contributed by atoms with van der Waals surface area (Å²) in [6, 6.07) is 0.612. The minimum Gasteiger partial charge on any atom is -0.392 e. The molecular formula is C11H25N3O. The first-order valence-electron chi connectivity index (χ1n) is 6.01. The summed E-state index contributed by atoms with van der Waals surface area (Å²) >= 11 is 0. The first-order chi connectivity index (χ1) is 7.17. The Hall–Kier alpha value is -0.160. The Labute approximate surface area is 93.0 Å². The molecule has 90 valence electrons. The van der Waals surface area contributed by atoms with E-state index in [0.29, 0.717) is 6.04 Å². The minimum absolute atomic E-state index is 0.219. The van der Waals surface area contributed by atoms with Crippen LogP contribution in [0, 0.1) is 0 Å². The molecule has 0 aromatic carbocycles. The van der Waals surface area contributed by atoms with Gasteiger partial charge >= 0.3 is 0 Å². The van der Waals surface area contributed by atoms with Crippen molar-refractivity contribution in [3.63, 3.8) is 0 Å². The molecule has 0 aromatic rings. The van der Waals surface area contributed by atoms with Gasteiger partial charge in [0.25, 0.3) is 0 Å². The monoisotopic (exact) mass is 215 g/mol. The molecule has 1 rings (SSSR count). The summed E-state index contributed by atoms with van der Waals surface area (Å²) in [6.07, 6.45) is 0.944. The fourth-order valence-electron chi connectivity index (χ4n) is 2.34. The first-order valence-corrected chi connectivity index (χ1v) is 6.01. The number of piperazine rings is 1. The molecular weight excluding hydrogens is 190 g/mol. The molecule has 1 aliphatic rings. The summed E-state index contributed by atoms with van der Waals surface area (Å²) < 4.78 is 0. The SMILES string of the molecule is CCC1CN(CC(C)O)CCN1CCN. The molecule has 3 N–H and O–H groups in total. The third-order valence-corrected chi connectivity index (χ3v) is 3.10. The Morgan fingerprint density at radius 3 is 2.73 bits per heavy atom. The van der Waals surface area contributed by atoms with Crippen LogP contribution >= 0.6 is 0 Å². The molecule has 0 bridgehead atoms. The standard InChI is InChI=1S/C11H25N3O/c1-3-11-9-13(8-10(2)15)6-7-14(11)5-4-12/h10-11,15H,3-9,12H2,1-2H3. The second kappa shape index (κ2) is 6.43. The van der Waals surface area contributed by atoms with Crippen LogP contribution < -0.4 is 5.73 Å². The van der Waals surface area contributed by atoms with E-state index in [1.807, 2.05) is 6.92 Å². The Morgan fingerprint density at radius 2 is 2.20 bits per heavy atom. The summed E-state index contributed by atoms with van der Waals surface area (Å²) in [4.78, 5) is 4.82. The molecule has 2 unspecified atom stereocenters. The number of β-amino-alcohol motifs (C(OH)–C–C–N with tert-alkyl or cyclic N) is 1. The topological polar surface area (TPSA) is 52.7 Å². The molecule has 0 aromatic heterocycles. The number of nitrogens with zero attached hydrogens (tertiary/aromatic N) is 2. The van der Waals surface area contributed by atoms with Crippen molar-refractivity contribution in [3.05, 3.63) is 0 Å². The van der Waals surface area contributed by atoms with E-state index >= 15 is 0 Å². The maximum atomic E-state index is 9.36. The highest BCUT2D eigenvalue weighted by molar-refractivity contribution is 4.81. The van der Waals surface area contributed by atoms with Crippen molar-refractivity contribution >= 4 is 0 Å². The fourth-order valence-corrected chi connectivity index (χ4v) is 2.34. The van der Waals surface area contributed by atoms with Crippen LogP contribution in [-0.2, 0) is 0 Å². The average molecular weight is 215 g/mol. The largest absolute Gasteiger partial charge is 0.392 e. The van der Waals surface area contributed by atoms with Crippen LogP contribution in [0.1, 0.15) is 20.3 Å². The van der Waals surface area contributed by atoms with Crippen LogP contribution in [0.3, 0.4) is 0 Å². The summed E-state index contributed by atoms with van der Waals surface area (Å²) in [7, 11) is 0. The highest BCUT2D eigenvalue weighted by Crippen LogP contribution is 2.12. The molecule has 0 aliphatic carbocycles. The minimum atomic E-state index is -0.219. The van der Waals surface area contributed by atoms with Crippen LogP contribution in [0.4, 0.5) is 0 Å². The number of nitrogens with two attached hydrogens (primary N) is 1. The molecule has 0 radical (unpaired) electrons. The van der Waals surface area contributed by atoms with Gasteiger partial charge in [0, 0.05) is 45.3 Å². The molecule has 0 saturated carbocycles. The van der Waals surface area contributed by atoms with Crippen molar-refractivity contribution in [3.8, 4) is 0 Å². The molecule has 0 spiro atoms. The lowest BCUT2D eigenvalue weighted by Crippen LogP contribution is -2.55. The van der Waals surface area contributed by atoms with Crippen molar-refractivity contribution in [1.82, 2.24) is 9.80 Å². The van der Waals surface area contributed by atoms with Gasteiger partial charge in [-0.1, -0.05) is 6.92 Å². The maximum absolute atomic E-state index is 9.36. The van der Waals surface area contributed by atoms with E-state index in [4.69, 9.17) is 5.73 Å². The lowest BCUT2D eigenvalue weighted by Gasteiger charge is -2.41. The van der Waals surface area contributed by atoms with Gasteiger partial charge in [0.05, 0.1) is 6.10 Å². The van der Waals surface area contributed by atoms with Crippen molar-refractivity contribution < 1.29 is 5.11 Å². The molecule has 4 heteroatoms. The van der Waals surface area contributed by atoms with E-state index in [0.717, 1.165) is 45.7 Å². The molecule has 0 amide bonds. The second-order valence-electron chi connectivity index (χ2n) is 4.50. The number of aliphatic hydroxyl groups excluding tert-OH is 1. The number of hydrogen-bond donors (Lipinski definition) is 2. The second-order valence-corrected chi connectivity index (χ2v) is 4.50. The first kappa shape index (κ1) is 12.9. The third kappa shape index (κ3) is 4.07. The number of hydrogen-bond acceptors (Lipinski definition) is 4. The summed E-state index contributed by atoms with van der Waals surface area (Å²) in [5.41, 5.74) is 5.60. The summed E-state index contributed by atoms with van der Waals surface area (Å²) in [6.45, 7) is 9.83. The number of rotatable bonds is 5. The van der Waals surface area contributed by atoms with Crippen LogP contribution in [0.2, 0.25) is 0 Å². The Bertz CT molecular complexity index is 175. The molecule has 1 heterocycles. The summed E-state index contributed by atoms with van der Waals surface area (Å²) in [5.74, 6) is 0. The average Bonchev–Trinajstić information content (AvgIpc) is 2.20. The van der Waals surface area contributed by atoms with E-state index in [-0.39, 0.29) is 6.10 Å². The van der Waals surface area contributed by atoms with Gasteiger partial charge in [-0.25, -0.2) is 0 Å². The Balaban J connectivity index is 2.40. The molecule has 1 aliphatic heterocycles. The van der Waals surface area contributed by atoms with Gasteiger partial charge < -0.3 is 10.8 Å². The molecule has 1 saturated heterocycles. The van der Waals surface area contributed by atoms with Gasteiger partial charge in [0.2, 0.25) is 0 Å². The van der Waals surface area contributed by atoms with E-state index in [2.05, 4.69) is 16.7 Å². The molecule has 4 nitrogen and oxygen atoms in total. The van der Waals surface area contributed by atoms with Crippen molar-refractivity contribution in [2.75, 3.05) is 39.3 Å². The van der Waals surface area contributed by atoms with E-state index < -0.39 is 0 Å². The van der Waals surface area contributed by atoms with Crippen molar-refractivity contribution in [2.45, 2.75) is 32.4 Å². The highest BCUT2D eigenvalue weighted by atomic mass is 16.3. The van der Waals surface area contributed by atoms with Crippen LogP contribution in [0.15, 0.2) is 0 Å². The zero-order chi connectivity index (χ0) is 11.3. The van der Waals surface area contributed by atoms with Crippen LogP contribution in [-0.4, -0.2) is 66.3 Å². The van der Waals surface area contributed by atoms with Crippen LogP contribution in [0.25, 0.3) is 0 Å². The van der Waals surface area contributed by atoms with Gasteiger partial charge in [-0.05, 0) is 13.3 Å². The number of aliphatic hydroxyl groups is 1. The van der Waals surface area contributed by atoms with E-state index in [1.165, 1.54) is 0 Å². The predicted octanol–water partition coefficient (Wildman–Crippen LogP) is -0.278. The maximum Gasteiger partial charge on any atom is 0.0639 e. The lowest BCUT2D eigenvalue weighted by atomic mass is 10.1. The van der Waals surface area contributed by atoms with E-state index in [1.54, 1.807) is 0 Å². The zero-order valence-corrected chi connectivity index (χ0v) is 10.0. The predicted molar refractivity (Wildman–Crippen MR) is 62.8 cm³/mol. The molecule has 2 atom stereocenters. The molecule has 1 fully saturated rings. The normalized spacial score (nSPS) is 26.8. The molecule has 15 heavy (non-hydrogen) atoms. The van der Waals surface area contributed by atoms with Crippen molar-refractivity contribution in [2.24, 2.45) is 5.73 Å². The zero-order valence-electron chi connectivity index (χ0n) is 10.0. The highest BCUT2D eigenvalue weighted by Gasteiger charge is 2.25. The van der Waals surface area contributed by atoms with Gasteiger partial charge in [-0.2, -0.15) is 0 Å². The lowest BCUT2D eigenvalue weighted by molar-refractivity contribution is 0.0449. The van der Waals surface area contributed by atoms with Gasteiger partial charge in [-0.15, -0.1) is 0 Å². The van der Waals surface area contributed by atoms with Crippen LogP contribution in [0.5, 0.6) is 0 Å². The fraction of sp³-hybridized carbons (Fsp3) is 1.00. The summed E-state index contributed by atoms with van der Waals surface area (Å²) in [5, 5.41) is 9.36. The van der Waals surface area contributed by atoms with Crippen molar-refractivity contribution in [1.29, 1.82) is 0 Å². The Kier molecular flexibility index (Phi) is 5.53. The smallest absolute Gasteiger partial charge is 0.0639 e. The third-order valence-electron chi connectivity index (χ3n) is 3.10. The van der Waals surface area contributed by atoms with Gasteiger partial charge in [0.15, 0.2) is 0 Å². The van der Waals surface area contributed by atoms with E-state index in [9.17, 15) is 5.11 Å². The Morgan fingerprint density at radius 1 is 1.47 bits per heavy atom.